The van der Waals surface area contributed by atoms with Crippen molar-refractivity contribution in [3.05, 3.63) is 35.0 Å². The fourth-order valence-corrected chi connectivity index (χ4v) is 3.49. The van der Waals surface area contributed by atoms with Crippen molar-refractivity contribution in [1.29, 1.82) is 0 Å². The Kier molecular flexibility index (Phi) is 6.46. The van der Waals surface area contributed by atoms with E-state index in [9.17, 15) is 0 Å². The third-order valence-corrected chi connectivity index (χ3v) is 4.92. The maximum atomic E-state index is 6.05. The van der Waals surface area contributed by atoms with Crippen LogP contribution in [0.3, 0.4) is 0 Å². The van der Waals surface area contributed by atoms with Crippen LogP contribution in [0.25, 0.3) is 11.0 Å². The van der Waals surface area contributed by atoms with Gasteiger partial charge < -0.3 is 9.73 Å². The van der Waals surface area contributed by atoms with Crippen molar-refractivity contribution in [2.75, 3.05) is 18.1 Å². The van der Waals surface area contributed by atoms with Crippen LogP contribution < -0.4 is 5.32 Å². The van der Waals surface area contributed by atoms with Gasteiger partial charge in [-0.15, -0.1) is 0 Å². The molecule has 1 aromatic carbocycles. The molecule has 0 fully saturated rings. The van der Waals surface area contributed by atoms with Gasteiger partial charge >= 0.3 is 0 Å². The highest BCUT2D eigenvalue weighted by Gasteiger charge is 2.16. The second-order valence-corrected chi connectivity index (χ2v) is 7.28. The predicted octanol–water partition coefficient (Wildman–Crippen LogP) is 5.52. The molecular weight excluding hydrogens is 302 g/mol. The molecule has 2 aromatic rings. The van der Waals surface area contributed by atoms with Crippen molar-refractivity contribution in [2.45, 2.75) is 33.2 Å². The van der Waals surface area contributed by atoms with Crippen LogP contribution in [0.4, 0.5) is 0 Å². The summed E-state index contributed by atoms with van der Waals surface area (Å²) in [7, 11) is 0. The van der Waals surface area contributed by atoms with E-state index in [1.54, 1.807) is 0 Å². The van der Waals surface area contributed by atoms with Gasteiger partial charge in [0.05, 0.1) is 6.04 Å². The number of nitrogens with one attached hydrogen (secondary N) is 1. The van der Waals surface area contributed by atoms with Gasteiger partial charge in [0.15, 0.2) is 0 Å². The number of hydrogen-bond acceptors (Lipinski definition) is 3. The minimum Gasteiger partial charge on any atom is -0.459 e. The van der Waals surface area contributed by atoms with E-state index in [-0.39, 0.29) is 6.04 Å². The van der Waals surface area contributed by atoms with E-state index in [1.165, 1.54) is 5.75 Å². The Hall–Kier alpha value is -0.640. The molecule has 0 radical (unpaired) electrons. The molecule has 0 bridgehead atoms. The molecule has 0 aliphatic rings. The third-order valence-electron chi connectivity index (χ3n) is 3.22. The van der Waals surface area contributed by atoms with Crippen LogP contribution in [0, 0.1) is 5.92 Å². The summed E-state index contributed by atoms with van der Waals surface area (Å²) in [6.45, 7) is 7.70. The van der Waals surface area contributed by atoms with Crippen LogP contribution in [-0.2, 0) is 0 Å². The first kappa shape index (κ1) is 16.7. The second-order valence-electron chi connectivity index (χ2n) is 5.77. The second kappa shape index (κ2) is 8.11. The molecule has 0 spiro atoms. The standard InChI is InChI=1S/C17H24ClNOS/c1-4-7-19-15(11-21-10-12(2)3)17-9-13-8-14(18)5-6-16(13)20-17/h5-6,8-9,12,15,19H,4,7,10-11H2,1-3H3. The maximum Gasteiger partial charge on any atom is 0.134 e. The number of fused-ring (bicyclic) bond motifs is 1. The molecule has 1 heterocycles. The predicted molar refractivity (Wildman–Crippen MR) is 94.4 cm³/mol. The lowest BCUT2D eigenvalue weighted by Gasteiger charge is -2.16. The Morgan fingerprint density at radius 1 is 1.24 bits per heavy atom. The number of rotatable bonds is 8. The Balaban J connectivity index is 2.12. The number of hydrogen-bond donors (Lipinski definition) is 1. The Morgan fingerprint density at radius 3 is 2.76 bits per heavy atom. The zero-order chi connectivity index (χ0) is 15.2. The first-order valence-corrected chi connectivity index (χ1v) is 9.13. The molecule has 0 saturated heterocycles. The molecule has 1 atom stereocenters. The van der Waals surface area contributed by atoms with Crippen molar-refractivity contribution in [3.8, 4) is 0 Å². The van der Waals surface area contributed by atoms with Gasteiger partial charge in [0.1, 0.15) is 11.3 Å². The quantitative estimate of drug-likeness (QED) is 0.692. The van der Waals surface area contributed by atoms with Crippen molar-refractivity contribution >= 4 is 34.3 Å². The van der Waals surface area contributed by atoms with E-state index in [0.717, 1.165) is 46.4 Å². The van der Waals surface area contributed by atoms with Gasteiger partial charge in [-0.3, -0.25) is 0 Å². The molecular formula is C17H24ClNOS. The summed E-state index contributed by atoms with van der Waals surface area (Å²) in [4.78, 5) is 0. The van der Waals surface area contributed by atoms with Crippen LogP contribution in [0.15, 0.2) is 28.7 Å². The van der Waals surface area contributed by atoms with E-state index in [1.807, 2.05) is 30.0 Å². The van der Waals surface area contributed by atoms with Crippen LogP contribution in [0.1, 0.15) is 39.0 Å². The summed E-state index contributed by atoms with van der Waals surface area (Å²) in [6, 6.07) is 8.16. The van der Waals surface area contributed by atoms with Gasteiger partial charge in [0.2, 0.25) is 0 Å². The van der Waals surface area contributed by atoms with Gasteiger partial charge in [0.25, 0.3) is 0 Å². The van der Waals surface area contributed by atoms with Crippen LogP contribution >= 0.6 is 23.4 Å². The van der Waals surface area contributed by atoms with Crippen molar-refractivity contribution in [1.82, 2.24) is 5.32 Å². The molecule has 0 aliphatic carbocycles. The summed E-state index contributed by atoms with van der Waals surface area (Å²) < 4.78 is 6.01. The van der Waals surface area contributed by atoms with Crippen LogP contribution in [0.5, 0.6) is 0 Å². The number of benzene rings is 1. The Bertz CT molecular complexity index is 567. The van der Waals surface area contributed by atoms with Crippen molar-refractivity contribution in [2.24, 2.45) is 5.92 Å². The molecule has 0 saturated carbocycles. The van der Waals surface area contributed by atoms with Gasteiger partial charge in [0, 0.05) is 16.2 Å². The lowest BCUT2D eigenvalue weighted by Crippen LogP contribution is -2.24. The molecule has 1 N–H and O–H groups in total. The summed E-state index contributed by atoms with van der Waals surface area (Å²) in [5.74, 6) is 3.94. The van der Waals surface area contributed by atoms with Gasteiger partial charge in [-0.05, 0) is 48.9 Å². The minimum atomic E-state index is 0.264. The Morgan fingerprint density at radius 2 is 2.05 bits per heavy atom. The highest BCUT2D eigenvalue weighted by molar-refractivity contribution is 7.99. The molecule has 1 aromatic heterocycles. The molecule has 0 amide bonds. The maximum absolute atomic E-state index is 6.05. The summed E-state index contributed by atoms with van der Waals surface area (Å²) in [5.41, 5.74) is 0.909. The SMILES string of the molecule is CCCNC(CSCC(C)C)c1cc2cc(Cl)ccc2o1. The summed E-state index contributed by atoms with van der Waals surface area (Å²) in [6.07, 6.45) is 1.12. The van der Waals surface area contributed by atoms with Gasteiger partial charge in [-0.25, -0.2) is 0 Å². The largest absolute Gasteiger partial charge is 0.459 e. The average Bonchev–Trinajstić information content (AvgIpc) is 2.84. The zero-order valence-corrected chi connectivity index (χ0v) is 14.6. The van der Waals surface area contributed by atoms with Crippen LogP contribution in [-0.4, -0.2) is 18.1 Å². The summed E-state index contributed by atoms with van der Waals surface area (Å²) in [5, 5.41) is 5.42. The normalized spacial score (nSPS) is 13.2. The first-order valence-electron chi connectivity index (χ1n) is 7.60. The van der Waals surface area contributed by atoms with E-state index in [4.69, 9.17) is 16.0 Å². The van der Waals surface area contributed by atoms with Gasteiger partial charge in [-0.1, -0.05) is 32.4 Å². The number of thioether (sulfide) groups is 1. The first-order chi connectivity index (χ1) is 10.1. The van der Waals surface area contributed by atoms with Crippen LogP contribution in [0.2, 0.25) is 5.02 Å². The number of halogens is 1. The van der Waals surface area contributed by atoms with E-state index >= 15 is 0 Å². The van der Waals surface area contributed by atoms with Crippen molar-refractivity contribution in [3.63, 3.8) is 0 Å². The fraction of sp³-hybridized carbons (Fsp3) is 0.529. The molecule has 116 valence electrons. The van der Waals surface area contributed by atoms with Crippen molar-refractivity contribution < 1.29 is 4.42 Å². The molecule has 0 aliphatic heterocycles. The monoisotopic (exact) mass is 325 g/mol. The molecule has 2 rings (SSSR count). The molecule has 21 heavy (non-hydrogen) atoms. The van der Waals surface area contributed by atoms with E-state index in [0.29, 0.717) is 0 Å². The lowest BCUT2D eigenvalue weighted by molar-refractivity contribution is 0.456. The van der Waals surface area contributed by atoms with E-state index < -0.39 is 0 Å². The molecule has 4 heteroatoms. The van der Waals surface area contributed by atoms with E-state index in [2.05, 4.69) is 32.2 Å². The minimum absolute atomic E-state index is 0.264. The average molecular weight is 326 g/mol. The Labute approximate surface area is 136 Å². The smallest absolute Gasteiger partial charge is 0.134 e. The molecule has 1 unspecified atom stereocenters. The van der Waals surface area contributed by atoms with Gasteiger partial charge in [-0.2, -0.15) is 11.8 Å². The molecule has 2 nitrogen and oxygen atoms in total. The summed E-state index contributed by atoms with van der Waals surface area (Å²) >= 11 is 8.03. The third kappa shape index (κ3) is 4.94. The topological polar surface area (TPSA) is 25.2 Å². The highest BCUT2D eigenvalue weighted by Crippen LogP contribution is 2.28. The lowest BCUT2D eigenvalue weighted by atomic mass is 10.2. The highest BCUT2D eigenvalue weighted by atomic mass is 35.5. The number of furan rings is 1. The fourth-order valence-electron chi connectivity index (χ4n) is 2.19. The zero-order valence-electron chi connectivity index (χ0n) is 13.0.